The SMILES string of the molecule is CCN(CC)c1nc(N)nc(N2CC(C)CCC2C)n1. The predicted molar refractivity (Wildman–Crippen MR) is 83.0 cm³/mol. The Balaban J connectivity index is 2.31. The van der Waals surface area contributed by atoms with Crippen molar-refractivity contribution >= 4 is 17.8 Å². The van der Waals surface area contributed by atoms with Crippen LogP contribution in [0.1, 0.15) is 40.5 Å². The van der Waals surface area contributed by atoms with Crippen molar-refractivity contribution < 1.29 is 0 Å². The summed E-state index contributed by atoms with van der Waals surface area (Å²) in [5, 5.41) is 0. The highest BCUT2D eigenvalue weighted by atomic mass is 15.4. The van der Waals surface area contributed by atoms with Crippen molar-refractivity contribution in [2.24, 2.45) is 5.92 Å². The van der Waals surface area contributed by atoms with E-state index in [0.29, 0.717) is 23.9 Å². The number of aromatic nitrogens is 3. The monoisotopic (exact) mass is 278 g/mol. The van der Waals surface area contributed by atoms with Crippen molar-refractivity contribution in [3.63, 3.8) is 0 Å². The molecule has 0 aromatic carbocycles. The lowest BCUT2D eigenvalue weighted by Gasteiger charge is -2.37. The molecule has 2 unspecified atom stereocenters. The average Bonchev–Trinajstić information content (AvgIpc) is 2.42. The Morgan fingerprint density at radius 2 is 1.85 bits per heavy atom. The highest BCUT2D eigenvalue weighted by Crippen LogP contribution is 2.26. The van der Waals surface area contributed by atoms with E-state index in [1.165, 1.54) is 12.8 Å². The van der Waals surface area contributed by atoms with Crippen molar-refractivity contribution in [3.05, 3.63) is 0 Å². The molecule has 0 aliphatic carbocycles. The normalized spacial score (nSPS) is 22.9. The molecule has 2 N–H and O–H groups in total. The minimum absolute atomic E-state index is 0.308. The lowest BCUT2D eigenvalue weighted by Crippen LogP contribution is -2.42. The second-order valence-corrected chi connectivity index (χ2v) is 5.65. The summed E-state index contributed by atoms with van der Waals surface area (Å²) in [6, 6.07) is 0.456. The van der Waals surface area contributed by atoms with Crippen molar-refractivity contribution in [1.82, 2.24) is 15.0 Å². The molecule has 1 aromatic rings. The molecule has 2 atom stereocenters. The molecule has 0 saturated carbocycles. The largest absolute Gasteiger partial charge is 0.368 e. The van der Waals surface area contributed by atoms with Gasteiger partial charge in [-0.25, -0.2) is 0 Å². The number of piperidine rings is 1. The van der Waals surface area contributed by atoms with Crippen molar-refractivity contribution in [1.29, 1.82) is 0 Å². The number of nitrogens with two attached hydrogens (primary N) is 1. The molecule has 1 saturated heterocycles. The Hall–Kier alpha value is -1.59. The third-order valence-electron chi connectivity index (χ3n) is 4.05. The van der Waals surface area contributed by atoms with Crippen LogP contribution in [0.4, 0.5) is 17.8 Å². The fourth-order valence-corrected chi connectivity index (χ4v) is 2.71. The van der Waals surface area contributed by atoms with Crippen molar-refractivity contribution in [2.75, 3.05) is 35.2 Å². The first-order valence-corrected chi connectivity index (χ1v) is 7.58. The lowest BCUT2D eigenvalue weighted by atomic mass is 9.95. The summed E-state index contributed by atoms with van der Waals surface area (Å²) < 4.78 is 0. The molecule has 112 valence electrons. The maximum absolute atomic E-state index is 5.88. The van der Waals surface area contributed by atoms with Gasteiger partial charge < -0.3 is 15.5 Å². The van der Waals surface area contributed by atoms with Crippen LogP contribution in [0.3, 0.4) is 0 Å². The zero-order chi connectivity index (χ0) is 14.7. The Bertz CT molecular complexity index is 445. The predicted octanol–water partition coefficient (Wildman–Crippen LogP) is 1.92. The molecule has 2 rings (SSSR count). The van der Waals surface area contributed by atoms with Gasteiger partial charge in [0, 0.05) is 25.7 Å². The summed E-state index contributed by atoms with van der Waals surface area (Å²) in [7, 11) is 0. The van der Waals surface area contributed by atoms with Gasteiger partial charge in [-0.05, 0) is 39.5 Å². The summed E-state index contributed by atoms with van der Waals surface area (Å²) in [6.07, 6.45) is 2.44. The first kappa shape index (κ1) is 14.8. The molecule has 1 fully saturated rings. The van der Waals surface area contributed by atoms with Crippen LogP contribution >= 0.6 is 0 Å². The van der Waals surface area contributed by atoms with Gasteiger partial charge in [-0.2, -0.15) is 15.0 Å². The summed E-state index contributed by atoms with van der Waals surface area (Å²) in [5.41, 5.74) is 5.88. The Labute approximate surface area is 121 Å². The number of hydrogen-bond acceptors (Lipinski definition) is 6. The Morgan fingerprint density at radius 1 is 1.15 bits per heavy atom. The first-order valence-electron chi connectivity index (χ1n) is 7.58. The molecule has 0 amide bonds. The minimum atomic E-state index is 0.308. The zero-order valence-corrected chi connectivity index (χ0v) is 13.0. The van der Waals surface area contributed by atoms with Crippen molar-refractivity contribution in [2.45, 2.75) is 46.6 Å². The maximum atomic E-state index is 5.88. The maximum Gasteiger partial charge on any atom is 0.232 e. The quantitative estimate of drug-likeness (QED) is 0.907. The highest BCUT2D eigenvalue weighted by molar-refractivity contribution is 5.44. The molecular formula is C14H26N6. The smallest absolute Gasteiger partial charge is 0.232 e. The van der Waals surface area contributed by atoms with Gasteiger partial charge in [0.15, 0.2) is 0 Å². The van der Waals surface area contributed by atoms with E-state index in [0.717, 1.165) is 25.6 Å². The van der Waals surface area contributed by atoms with Gasteiger partial charge in [0.05, 0.1) is 0 Å². The highest BCUT2D eigenvalue weighted by Gasteiger charge is 2.26. The van der Waals surface area contributed by atoms with E-state index >= 15 is 0 Å². The Morgan fingerprint density at radius 3 is 2.50 bits per heavy atom. The van der Waals surface area contributed by atoms with E-state index in [1.807, 2.05) is 0 Å². The zero-order valence-electron chi connectivity index (χ0n) is 13.0. The second kappa shape index (κ2) is 6.24. The molecule has 0 spiro atoms. The van der Waals surface area contributed by atoms with Crippen molar-refractivity contribution in [3.8, 4) is 0 Å². The topological polar surface area (TPSA) is 71.2 Å². The van der Waals surface area contributed by atoms with Gasteiger partial charge in [-0.3, -0.25) is 0 Å². The molecular weight excluding hydrogens is 252 g/mol. The number of rotatable bonds is 4. The van der Waals surface area contributed by atoms with E-state index in [2.05, 4.69) is 52.4 Å². The summed E-state index contributed by atoms with van der Waals surface area (Å²) in [6.45, 7) is 11.4. The van der Waals surface area contributed by atoms with E-state index in [4.69, 9.17) is 5.73 Å². The number of nitrogens with zero attached hydrogens (tertiary/aromatic N) is 5. The molecule has 1 aromatic heterocycles. The van der Waals surface area contributed by atoms with Crippen LogP contribution in [0.2, 0.25) is 0 Å². The molecule has 2 heterocycles. The van der Waals surface area contributed by atoms with Gasteiger partial charge in [-0.15, -0.1) is 0 Å². The van der Waals surface area contributed by atoms with Gasteiger partial charge in [-0.1, -0.05) is 6.92 Å². The first-order chi connectivity index (χ1) is 9.55. The van der Waals surface area contributed by atoms with Crippen LogP contribution in [-0.4, -0.2) is 40.6 Å². The fraction of sp³-hybridized carbons (Fsp3) is 0.786. The average molecular weight is 278 g/mol. The van der Waals surface area contributed by atoms with Gasteiger partial charge >= 0.3 is 0 Å². The number of anilines is 3. The van der Waals surface area contributed by atoms with E-state index < -0.39 is 0 Å². The number of nitrogen functional groups attached to an aromatic ring is 1. The second-order valence-electron chi connectivity index (χ2n) is 5.65. The van der Waals surface area contributed by atoms with Crippen LogP contribution in [0.25, 0.3) is 0 Å². The molecule has 6 nitrogen and oxygen atoms in total. The van der Waals surface area contributed by atoms with Crippen LogP contribution in [0, 0.1) is 5.92 Å². The molecule has 0 radical (unpaired) electrons. The summed E-state index contributed by atoms with van der Waals surface area (Å²) in [5.74, 6) is 2.38. The fourth-order valence-electron chi connectivity index (χ4n) is 2.71. The van der Waals surface area contributed by atoms with Crippen LogP contribution < -0.4 is 15.5 Å². The Kier molecular flexibility index (Phi) is 4.62. The molecule has 20 heavy (non-hydrogen) atoms. The van der Waals surface area contributed by atoms with Gasteiger partial charge in [0.2, 0.25) is 17.8 Å². The van der Waals surface area contributed by atoms with E-state index in [9.17, 15) is 0 Å². The van der Waals surface area contributed by atoms with Gasteiger partial charge in [0.1, 0.15) is 0 Å². The molecule has 1 aliphatic heterocycles. The third-order valence-corrected chi connectivity index (χ3v) is 4.05. The lowest BCUT2D eigenvalue weighted by molar-refractivity contribution is 0.385. The van der Waals surface area contributed by atoms with Gasteiger partial charge in [0.25, 0.3) is 0 Å². The summed E-state index contributed by atoms with van der Waals surface area (Å²) in [4.78, 5) is 17.6. The molecule has 1 aliphatic rings. The minimum Gasteiger partial charge on any atom is -0.368 e. The van der Waals surface area contributed by atoms with E-state index in [1.54, 1.807) is 0 Å². The molecule has 6 heteroatoms. The molecule has 0 bridgehead atoms. The third kappa shape index (κ3) is 3.11. The van der Waals surface area contributed by atoms with Crippen LogP contribution in [-0.2, 0) is 0 Å². The van der Waals surface area contributed by atoms with Crippen LogP contribution in [0.5, 0.6) is 0 Å². The summed E-state index contributed by atoms with van der Waals surface area (Å²) >= 11 is 0. The van der Waals surface area contributed by atoms with Crippen LogP contribution in [0.15, 0.2) is 0 Å². The van der Waals surface area contributed by atoms with E-state index in [-0.39, 0.29) is 0 Å². The number of hydrogen-bond donors (Lipinski definition) is 1. The standard InChI is InChI=1S/C14H26N6/c1-5-19(6-2)13-16-12(15)17-14(18-13)20-9-10(3)7-8-11(20)4/h10-11H,5-9H2,1-4H3,(H2,15,16,17,18).